The standard InChI is InChI=1S/C16H13N5S/c17-15-20-13-3-1-2-4-14(13)21(15)12-7-5-11(6-8-12)19-16-18-9-10-22-16/h1-10H,(H2,17,20)(H,18,19). The topological polar surface area (TPSA) is 68.8 Å². The molecule has 2 aromatic heterocycles. The minimum absolute atomic E-state index is 0.488. The maximum Gasteiger partial charge on any atom is 0.205 e. The monoisotopic (exact) mass is 307 g/mol. The van der Waals surface area contributed by atoms with Crippen molar-refractivity contribution in [2.75, 3.05) is 11.1 Å². The molecule has 0 aliphatic rings. The average molecular weight is 307 g/mol. The Morgan fingerprint density at radius 1 is 1.05 bits per heavy atom. The first-order chi connectivity index (χ1) is 10.8. The molecule has 0 saturated carbocycles. The summed E-state index contributed by atoms with van der Waals surface area (Å²) in [5, 5.41) is 6.07. The van der Waals surface area contributed by atoms with Gasteiger partial charge in [0.05, 0.1) is 11.0 Å². The molecule has 0 unspecified atom stereocenters. The zero-order chi connectivity index (χ0) is 14.9. The van der Waals surface area contributed by atoms with Gasteiger partial charge < -0.3 is 11.1 Å². The molecule has 0 spiro atoms. The molecule has 22 heavy (non-hydrogen) atoms. The van der Waals surface area contributed by atoms with Crippen molar-refractivity contribution in [2.24, 2.45) is 0 Å². The molecule has 108 valence electrons. The fraction of sp³-hybridized carbons (Fsp3) is 0. The lowest BCUT2D eigenvalue weighted by Crippen LogP contribution is -2.00. The quantitative estimate of drug-likeness (QED) is 0.604. The van der Waals surface area contributed by atoms with Crippen molar-refractivity contribution < 1.29 is 0 Å². The molecule has 0 amide bonds. The Kier molecular flexibility index (Phi) is 3.01. The Hall–Kier alpha value is -2.86. The molecular formula is C16H13N5S. The zero-order valence-corrected chi connectivity index (χ0v) is 12.4. The lowest BCUT2D eigenvalue weighted by atomic mass is 10.2. The highest BCUT2D eigenvalue weighted by Gasteiger charge is 2.09. The van der Waals surface area contributed by atoms with Crippen molar-refractivity contribution in [1.82, 2.24) is 14.5 Å². The van der Waals surface area contributed by atoms with E-state index in [1.807, 2.05) is 58.5 Å². The third-order valence-electron chi connectivity index (χ3n) is 3.40. The predicted molar refractivity (Wildman–Crippen MR) is 90.9 cm³/mol. The summed E-state index contributed by atoms with van der Waals surface area (Å²) in [5.41, 5.74) is 9.93. The van der Waals surface area contributed by atoms with Crippen LogP contribution in [0.25, 0.3) is 16.7 Å². The minimum atomic E-state index is 0.488. The molecule has 0 atom stereocenters. The van der Waals surface area contributed by atoms with Crippen LogP contribution in [0.15, 0.2) is 60.1 Å². The van der Waals surface area contributed by atoms with E-state index in [9.17, 15) is 0 Å². The summed E-state index contributed by atoms with van der Waals surface area (Å²) in [7, 11) is 0. The first-order valence-corrected chi connectivity index (χ1v) is 7.69. The number of aromatic nitrogens is 3. The van der Waals surface area contributed by atoms with Crippen molar-refractivity contribution in [3.63, 3.8) is 0 Å². The van der Waals surface area contributed by atoms with Crippen LogP contribution in [0, 0.1) is 0 Å². The van der Waals surface area contributed by atoms with Gasteiger partial charge in [-0.05, 0) is 36.4 Å². The van der Waals surface area contributed by atoms with Crippen molar-refractivity contribution >= 4 is 39.1 Å². The Bertz CT molecular complexity index is 910. The van der Waals surface area contributed by atoms with Gasteiger partial charge in [0, 0.05) is 23.0 Å². The van der Waals surface area contributed by atoms with Crippen LogP contribution >= 0.6 is 11.3 Å². The first kappa shape index (κ1) is 12.8. The molecule has 0 radical (unpaired) electrons. The smallest absolute Gasteiger partial charge is 0.205 e. The average Bonchev–Trinajstić information content (AvgIpc) is 3.15. The normalized spacial score (nSPS) is 10.9. The van der Waals surface area contributed by atoms with Gasteiger partial charge in [-0.3, -0.25) is 4.57 Å². The van der Waals surface area contributed by atoms with Crippen LogP contribution in [-0.4, -0.2) is 14.5 Å². The number of nitrogen functional groups attached to an aromatic ring is 1. The number of benzene rings is 2. The van der Waals surface area contributed by atoms with E-state index < -0.39 is 0 Å². The molecule has 2 aromatic carbocycles. The molecule has 2 heterocycles. The number of nitrogens with zero attached hydrogens (tertiary/aromatic N) is 3. The Morgan fingerprint density at radius 3 is 2.64 bits per heavy atom. The Balaban J connectivity index is 1.71. The number of para-hydroxylation sites is 2. The summed E-state index contributed by atoms with van der Waals surface area (Å²) in [5.74, 6) is 0.488. The second-order valence-corrected chi connectivity index (χ2v) is 5.70. The van der Waals surface area contributed by atoms with E-state index in [4.69, 9.17) is 5.73 Å². The summed E-state index contributed by atoms with van der Waals surface area (Å²) in [6.45, 7) is 0. The summed E-state index contributed by atoms with van der Waals surface area (Å²) < 4.78 is 1.95. The van der Waals surface area contributed by atoms with Gasteiger partial charge in [0.15, 0.2) is 5.13 Å². The van der Waals surface area contributed by atoms with E-state index >= 15 is 0 Å². The largest absolute Gasteiger partial charge is 0.369 e. The third-order valence-corrected chi connectivity index (χ3v) is 4.08. The molecule has 4 aromatic rings. The van der Waals surface area contributed by atoms with Crippen LogP contribution in [0.4, 0.5) is 16.8 Å². The maximum atomic E-state index is 6.06. The van der Waals surface area contributed by atoms with Gasteiger partial charge in [0.2, 0.25) is 5.95 Å². The third kappa shape index (κ3) is 2.19. The number of rotatable bonds is 3. The van der Waals surface area contributed by atoms with Crippen LogP contribution in [0.1, 0.15) is 0 Å². The van der Waals surface area contributed by atoms with Gasteiger partial charge in [-0.2, -0.15) is 0 Å². The summed E-state index contributed by atoms with van der Waals surface area (Å²) in [4.78, 5) is 8.60. The number of anilines is 3. The number of nitrogens with one attached hydrogen (secondary N) is 1. The number of thiazole rings is 1. The van der Waals surface area contributed by atoms with Crippen LogP contribution in [0.3, 0.4) is 0 Å². The van der Waals surface area contributed by atoms with Crippen molar-refractivity contribution in [3.05, 3.63) is 60.1 Å². The van der Waals surface area contributed by atoms with E-state index in [1.54, 1.807) is 17.5 Å². The molecule has 0 aliphatic carbocycles. The molecule has 4 rings (SSSR count). The van der Waals surface area contributed by atoms with E-state index in [1.165, 1.54) is 0 Å². The van der Waals surface area contributed by atoms with E-state index in [0.717, 1.165) is 27.5 Å². The lowest BCUT2D eigenvalue weighted by Gasteiger charge is -2.08. The second-order valence-electron chi connectivity index (χ2n) is 4.80. The van der Waals surface area contributed by atoms with E-state index in [-0.39, 0.29) is 0 Å². The van der Waals surface area contributed by atoms with Gasteiger partial charge >= 0.3 is 0 Å². The number of imidazole rings is 1. The van der Waals surface area contributed by atoms with Gasteiger partial charge in [-0.25, -0.2) is 9.97 Å². The summed E-state index contributed by atoms with van der Waals surface area (Å²) in [6.07, 6.45) is 1.78. The molecule has 0 aliphatic heterocycles. The molecule has 0 bridgehead atoms. The number of nitrogens with two attached hydrogens (primary N) is 1. The molecular weight excluding hydrogens is 294 g/mol. The lowest BCUT2D eigenvalue weighted by molar-refractivity contribution is 1.11. The van der Waals surface area contributed by atoms with E-state index in [0.29, 0.717) is 5.95 Å². The summed E-state index contributed by atoms with van der Waals surface area (Å²) in [6, 6.07) is 16.0. The zero-order valence-electron chi connectivity index (χ0n) is 11.6. The molecule has 0 fully saturated rings. The highest BCUT2D eigenvalue weighted by atomic mass is 32.1. The van der Waals surface area contributed by atoms with Crippen LogP contribution < -0.4 is 11.1 Å². The predicted octanol–water partition coefficient (Wildman–Crippen LogP) is 3.81. The molecule has 6 heteroatoms. The van der Waals surface area contributed by atoms with Crippen LogP contribution in [-0.2, 0) is 0 Å². The number of hydrogen-bond donors (Lipinski definition) is 2. The maximum absolute atomic E-state index is 6.06. The van der Waals surface area contributed by atoms with Gasteiger partial charge in [0.25, 0.3) is 0 Å². The summed E-state index contributed by atoms with van der Waals surface area (Å²) >= 11 is 1.57. The van der Waals surface area contributed by atoms with Crippen LogP contribution in [0.5, 0.6) is 0 Å². The number of fused-ring (bicyclic) bond motifs is 1. The Labute approximate surface area is 131 Å². The Morgan fingerprint density at radius 2 is 1.86 bits per heavy atom. The fourth-order valence-corrected chi connectivity index (χ4v) is 2.97. The molecule has 0 saturated heterocycles. The van der Waals surface area contributed by atoms with Crippen molar-refractivity contribution in [3.8, 4) is 5.69 Å². The van der Waals surface area contributed by atoms with Gasteiger partial charge in [0.1, 0.15) is 0 Å². The fourth-order valence-electron chi connectivity index (χ4n) is 2.42. The SMILES string of the molecule is Nc1nc2ccccc2n1-c1ccc(Nc2nccs2)cc1. The van der Waals surface area contributed by atoms with Crippen molar-refractivity contribution in [1.29, 1.82) is 0 Å². The first-order valence-electron chi connectivity index (χ1n) is 6.81. The highest BCUT2D eigenvalue weighted by Crippen LogP contribution is 2.25. The van der Waals surface area contributed by atoms with Crippen molar-refractivity contribution in [2.45, 2.75) is 0 Å². The van der Waals surface area contributed by atoms with Crippen LogP contribution in [0.2, 0.25) is 0 Å². The van der Waals surface area contributed by atoms with Gasteiger partial charge in [-0.1, -0.05) is 12.1 Å². The highest BCUT2D eigenvalue weighted by molar-refractivity contribution is 7.13. The number of hydrogen-bond acceptors (Lipinski definition) is 5. The minimum Gasteiger partial charge on any atom is -0.369 e. The van der Waals surface area contributed by atoms with Gasteiger partial charge in [-0.15, -0.1) is 11.3 Å². The second kappa shape index (κ2) is 5.16. The molecule has 3 N–H and O–H groups in total. The van der Waals surface area contributed by atoms with E-state index in [2.05, 4.69) is 15.3 Å². The molecule has 5 nitrogen and oxygen atoms in total.